The molecule has 5 rings (SSSR count). The molecule has 1 saturated carbocycles. The number of amides is 1. The largest absolute Gasteiger partial charge is 0.369 e. The normalized spacial score (nSPS) is 18.1. The summed E-state index contributed by atoms with van der Waals surface area (Å²) in [6.45, 7) is 3.01. The molecule has 9 heteroatoms. The van der Waals surface area contributed by atoms with E-state index in [1.165, 1.54) is 29.0 Å². The number of aromatic nitrogens is 1. The van der Waals surface area contributed by atoms with E-state index in [4.69, 9.17) is 4.98 Å². The number of hydrogen-bond acceptors (Lipinski definition) is 5. The maximum absolute atomic E-state index is 14.9. The summed E-state index contributed by atoms with van der Waals surface area (Å²) >= 11 is 4.78. The Hall–Kier alpha value is -2.36. The lowest BCUT2D eigenvalue weighted by molar-refractivity contribution is 0.101. The Balaban J connectivity index is 1.36. The number of rotatable bonds is 5. The molecule has 184 valence electrons. The summed E-state index contributed by atoms with van der Waals surface area (Å²) in [5.74, 6) is -2.55. The van der Waals surface area contributed by atoms with Crippen molar-refractivity contribution >= 4 is 44.0 Å². The van der Waals surface area contributed by atoms with Crippen LogP contribution >= 0.6 is 27.3 Å². The van der Waals surface area contributed by atoms with Crippen LogP contribution in [0.5, 0.6) is 0 Å². The summed E-state index contributed by atoms with van der Waals surface area (Å²) in [5, 5.41) is 4.92. The number of hydrogen-bond donors (Lipinski definition) is 1. The molecular weight excluding hydrogens is 534 g/mol. The second-order valence-corrected chi connectivity index (χ2v) is 11.1. The smallest absolute Gasteiger partial charge is 0.263 e. The molecule has 2 heterocycles. The highest BCUT2D eigenvalue weighted by molar-refractivity contribution is 9.10. The molecule has 0 radical (unpaired) electrons. The van der Waals surface area contributed by atoms with Gasteiger partial charge in [0.25, 0.3) is 5.91 Å². The van der Waals surface area contributed by atoms with Crippen LogP contribution in [0, 0.1) is 11.6 Å². The Morgan fingerprint density at radius 1 is 1.06 bits per heavy atom. The zero-order chi connectivity index (χ0) is 24.6. The zero-order valence-electron chi connectivity index (χ0n) is 19.5. The zero-order valence-corrected chi connectivity index (χ0v) is 21.9. The summed E-state index contributed by atoms with van der Waals surface area (Å²) in [4.78, 5) is 21.7. The van der Waals surface area contributed by atoms with Gasteiger partial charge in [-0.25, -0.2) is 13.8 Å². The molecule has 35 heavy (non-hydrogen) atoms. The van der Waals surface area contributed by atoms with Gasteiger partial charge in [-0.05, 0) is 49.7 Å². The van der Waals surface area contributed by atoms with Crippen molar-refractivity contribution in [3.8, 4) is 0 Å². The predicted molar refractivity (Wildman–Crippen MR) is 140 cm³/mol. The highest BCUT2D eigenvalue weighted by atomic mass is 79.9. The minimum Gasteiger partial charge on any atom is -0.369 e. The van der Waals surface area contributed by atoms with Gasteiger partial charge in [-0.1, -0.05) is 40.9 Å². The maximum atomic E-state index is 14.9. The third kappa shape index (κ3) is 4.86. The van der Waals surface area contributed by atoms with E-state index in [9.17, 15) is 13.6 Å². The van der Waals surface area contributed by atoms with Gasteiger partial charge in [-0.3, -0.25) is 10.1 Å². The van der Waals surface area contributed by atoms with E-state index in [0.29, 0.717) is 23.9 Å². The Kier molecular flexibility index (Phi) is 6.92. The molecule has 2 aliphatic rings. The molecule has 5 nitrogen and oxygen atoms in total. The van der Waals surface area contributed by atoms with E-state index in [-0.39, 0.29) is 5.41 Å². The van der Waals surface area contributed by atoms with Crippen LogP contribution in [0.1, 0.15) is 47.3 Å². The van der Waals surface area contributed by atoms with Crippen LogP contribution in [0.25, 0.3) is 0 Å². The van der Waals surface area contributed by atoms with Crippen LogP contribution in [0.4, 0.5) is 19.6 Å². The summed E-state index contributed by atoms with van der Waals surface area (Å²) in [5.41, 5.74) is 1.75. The minimum atomic E-state index is -0.865. The molecule has 1 aromatic heterocycles. The fourth-order valence-electron chi connectivity index (χ4n) is 5.17. The molecule has 0 spiro atoms. The molecule has 1 amide bonds. The van der Waals surface area contributed by atoms with Crippen LogP contribution in [0.15, 0.2) is 46.3 Å². The number of nitrogens with zero attached hydrogens (tertiary/aromatic N) is 3. The standard InChI is InChI=1S/C26H27BrF2N4OS/c1-32-10-12-33(13-11-32)19-14-20(28)23(21(29)15-19)24(34)31-25-30-22(16-35-25)26(8-2-3-9-26)17-4-6-18(27)7-5-17/h4-7,14-16H,2-3,8-13H2,1H3,(H,30,31,34). The number of carbonyl (C=O) groups is 1. The second-order valence-electron chi connectivity index (χ2n) is 9.36. The summed E-state index contributed by atoms with van der Waals surface area (Å²) in [7, 11) is 2.02. The number of piperazine rings is 1. The highest BCUT2D eigenvalue weighted by Gasteiger charge is 2.39. The van der Waals surface area contributed by atoms with Gasteiger partial charge in [0.05, 0.1) is 5.69 Å². The third-order valence-corrected chi connectivity index (χ3v) is 8.48. The van der Waals surface area contributed by atoms with E-state index < -0.39 is 23.1 Å². The maximum Gasteiger partial charge on any atom is 0.263 e. The molecule has 1 aliphatic carbocycles. The van der Waals surface area contributed by atoms with Gasteiger partial charge >= 0.3 is 0 Å². The number of likely N-dealkylation sites (N-methyl/N-ethyl adjacent to an activating group) is 1. The predicted octanol–water partition coefficient (Wildman–Crippen LogP) is 6.05. The van der Waals surface area contributed by atoms with Crippen LogP contribution in [0.3, 0.4) is 0 Å². The highest BCUT2D eigenvalue weighted by Crippen LogP contribution is 2.47. The number of halogens is 3. The van der Waals surface area contributed by atoms with Crippen LogP contribution < -0.4 is 10.2 Å². The first-order valence-electron chi connectivity index (χ1n) is 11.8. The van der Waals surface area contributed by atoms with Gasteiger partial charge in [0, 0.05) is 47.1 Å². The molecule has 1 aliphatic heterocycles. The van der Waals surface area contributed by atoms with Crippen molar-refractivity contribution < 1.29 is 13.6 Å². The minimum absolute atomic E-state index is 0.208. The number of carbonyl (C=O) groups excluding carboxylic acids is 1. The lowest BCUT2D eigenvalue weighted by atomic mass is 9.76. The van der Waals surface area contributed by atoms with Gasteiger partial charge in [0.1, 0.15) is 17.2 Å². The topological polar surface area (TPSA) is 48.5 Å². The molecule has 0 atom stereocenters. The quantitative estimate of drug-likeness (QED) is 0.412. The van der Waals surface area contributed by atoms with Crippen molar-refractivity contribution in [3.05, 3.63) is 74.7 Å². The molecular formula is C26H27BrF2N4OS. The van der Waals surface area contributed by atoms with Crippen molar-refractivity contribution in [3.63, 3.8) is 0 Å². The summed E-state index contributed by atoms with van der Waals surface area (Å²) in [6, 6.07) is 10.8. The van der Waals surface area contributed by atoms with Crippen molar-refractivity contribution in [1.82, 2.24) is 9.88 Å². The van der Waals surface area contributed by atoms with Gasteiger partial charge in [0.15, 0.2) is 5.13 Å². The van der Waals surface area contributed by atoms with Crippen LogP contribution in [0.2, 0.25) is 0 Å². The number of benzene rings is 2. The number of anilines is 2. The molecule has 2 aromatic carbocycles. The molecule has 3 aromatic rings. The Labute approximate surface area is 216 Å². The Bertz CT molecular complexity index is 1200. The van der Waals surface area contributed by atoms with Gasteiger partial charge in [0.2, 0.25) is 0 Å². The fraction of sp³-hybridized carbons (Fsp3) is 0.385. The fourth-order valence-corrected chi connectivity index (χ4v) is 6.24. The lowest BCUT2D eigenvalue weighted by Gasteiger charge is -2.34. The van der Waals surface area contributed by atoms with E-state index in [1.807, 2.05) is 29.5 Å². The monoisotopic (exact) mass is 560 g/mol. The SMILES string of the molecule is CN1CCN(c2cc(F)c(C(=O)Nc3nc(C4(c5ccc(Br)cc5)CCCC4)cs3)c(F)c2)CC1. The third-order valence-electron chi connectivity index (χ3n) is 7.19. The second kappa shape index (κ2) is 9.95. The van der Waals surface area contributed by atoms with Crippen molar-refractivity contribution in [1.29, 1.82) is 0 Å². The molecule has 0 bridgehead atoms. The van der Waals surface area contributed by atoms with Gasteiger partial charge in [-0.15, -0.1) is 11.3 Å². The van der Waals surface area contributed by atoms with Crippen LogP contribution in [-0.4, -0.2) is 49.0 Å². The Morgan fingerprint density at radius 3 is 2.31 bits per heavy atom. The molecule has 1 saturated heterocycles. The van der Waals surface area contributed by atoms with Gasteiger partial charge < -0.3 is 9.80 Å². The number of thiazole rings is 1. The average Bonchev–Trinajstić information content (AvgIpc) is 3.50. The first-order valence-corrected chi connectivity index (χ1v) is 13.5. The van der Waals surface area contributed by atoms with E-state index in [1.54, 1.807) is 0 Å². The van der Waals surface area contributed by atoms with E-state index >= 15 is 0 Å². The van der Waals surface area contributed by atoms with Gasteiger partial charge in [-0.2, -0.15) is 0 Å². The van der Waals surface area contributed by atoms with E-state index in [0.717, 1.165) is 48.9 Å². The lowest BCUT2D eigenvalue weighted by Crippen LogP contribution is -2.44. The average molecular weight is 561 g/mol. The first-order chi connectivity index (χ1) is 16.9. The first kappa shape index (κ1) is 24.3. The summed E-state index contributed by atoms with van der Waals surface area (Å²) in [6.07, 6.45) is 4.16. The number of nitrogens with one attached hydrogen (secondary N) is 1. The molecule has 2 fully saturated rings. The molecule has 1 N–H and O–H groups in total. The Morgan fingerprint density at radius 2 is 1.69 bits per heavy atom. The van der Waals surface area contributed by atoms with E-state index in [2.05, 4.69) is 38.3 Å². The van der Waals surface area contributed by atoms with Crippen molar-refractivity contribution in [2.75, 3.05) is 43.4 Å². The summed E-state index contributed by atoms with van der Waals surface area (Å²) < 4.78 is 30.8. The van der Waals surface area contributed by atoms with Crippen molar-refractivity contribution in [2.24, 2.45) is 0 Å². The van der Waals surface area contributed by atoms with Crippen LogP contribution in [-0.2, 0) is 5.41 Å². The van der Waals surface area contributed by atoms with Crippen molar-refractivity contribution in [2.45, 2.75) is 31.1 Å². The molecule has 0 unspecified atom stereocenters.